The number of nitrogens with zero attached hydrogens (tertiary/aromatic N) is 1. The molecule has 54 valence electrons. The zero-order valence-electron chi connectivity index (χ0n) is 5.19. The van der Waals surface area contributed by atoms with Crippen LogP contribution in [0.5, 0.6) is 0 Å². The van der Waals surface area contributed by atoms with E-state index in [1.807, 2.05) is 0 Å². The summed E-state index contributed by atoms with van der Waals surface area (Å²) in [5, 5.41) is 19.6. The van der Waals surface area contributed by atoms with Crippen LogP contribution in [0.25, 0.3) is 0 Å². The molecule has 1 heterocycles. The third kappa shape index (κ3) is 1.55. The van der Waals surface area contributed by atoms with Gasteiger partial charge in [0.05, 0.1) is 12.8 Å². The lowest BCUT2D eigenvalue weighted by molar-refractivity contribution is 0.285. The molecule has 0 bridgehead atoms. The summed E-state index contributed by atoms with van der Waals surface area (Å²) in [5.74, 6) is 0. The van der Waals surface area contributed by atoms with E-state index in [1.54, 1.807) is 12.1 Å². The quantitative estimate of drug-likeness (QED) is 0.383. The Morgan fingerprint density at radius 2 is 2.40 bits per heavy atom. The number of aliphatic hydroxyl groups is 1. The monoisotopic (exact) mass is 157 g/mol. The lowest BCUT2D eigenvalue weighted by Gasteiger charge is -1.81. The highest BCUT2D eigenvalue weighted by Gasteiger charge is 1.94. The van der Waals surface area contributed by atoms with Crippen molar-refractivity contribution >= 4 is 17.6 Å². The maximum atomic E-state index is 8.62. The van der Waals surface area contributed by atoms with Gasteiger partial charge in [-0.05, 0) is 12.1 Å². The van der Waals surface area contributed by atoms with E-state index in [1.165, 1.54) is 17.6 Å². The fourth-order valence-corrected chi connectivity index (χ4v) is 1.35. The molecule has 10 heavy (non-hydrogen) atoms. The van der Waals surface area contributed by atoms with Crippen LogP contribution in [0.3, 0.4) is 0 Å². The first-order valence-corrected chi connectivity index (χ1v) is 3.55. The molecule has 0 fully saturated rings. The average Bonchev–Trinajstić information content (AvgIpc) is 2.37. The minimum atomic E-state index is 0.0456. The zero-order valence-corrected chi connectivity index (χ0v) is 6.01. The molecule has 0 saturated heterocycles. The summed E-state index contributed by atoms with van der Waals surface area (Å²) in [7, 11) is 0. The Hall–Kier alpha value is -0.870. The van der Waals surface area contributed by atoms with Crippen molar-refractivity contribution in [3.8, 4) is 0 Å². The van der Waals surface area contributed by atoms with Gasteiger partial charge in [-0.15, -0.1) is 11.3 Å². The van der Waals surface area contributed by atoms with Gasteiger partial charge in [0.1, 0.15) is 0 Å². The molecule has 1 aromatic rings. The van der Waals surface area contributed by atoms with Gasteiger partial charge in [-0.2, -0.15) is 0 Å². The molecule has 2 N–H and O–H groups in total. The molecule has 0 spiro atoms. The standard InChI is InChI=1S/C6H7NO2S/c8-4-6-2-1-5(10-6)3-7-9/h1-3,8-9H,4H2/b7-3+. The van der Waals surface area contributed by atoms with Crippen molar-refractivity contribution < 1.29 is 10.3 Å². The van der Waals surface area contributed by atoms with E-state index >= 15 is 0 Å². The van der Waals surface area contributed by atoms with Crippen LogP contribution in [0, 0.1) is 0 Å². The summed E-state index contributed by atoms with van der Waals surface area (Å²) in [4.78, 5) is 1.71. The molecule has 0 unspecified atom stereocenters. The Morgan fingerprint density at radius 3 is 2.90 bits per heavy atom. The second kappa shape index (κ2) is 3.34. The number of thiophene rings is 1. The van der Waals surface area contributed by atoms with Gasteiger partial charge in [0, 0.05) is 9.75 Å². The molecule has 0 radical (unpaired) electrons. The van der Waals surface area contributed by atoms with Gasteiger partial charge in [-0.1, -0.05) is 5.16 Å². The van der Waals surface area contributed by atoms with Crippen LogP contribution in [-0.4, -0.2) is 16.5 Å². The highest BCUT2D eigenvalue weighted by atomic mass is 32.1. The summed E-state index contributed by atoms with van der Waals surface area (Å²) in [6, 6.07) is 3.58. The fraction of sp³-hybridized carbons (Fsp3) is 0.167. The van der Waals surface area contributed by atoms with Crippen LogP contribution in [-0.2, 0) is 6.61 Å². The van der Waals surface area contributed by atoms with Crippen LogP contribution in [0.1, 0.15) is 9.75 Å². The predicted octanol–water partition coefficient (Wildman–Crippen LogP) is 1.05. The average molecular weight is 157 g/mol. The predicted molar refractivity (Wildman–Crippen MR) is 39.6 cm³/mol. The van der Waals surface area contributed by atoms with Crippen LogP contribution in [0.2, 0.25) is 0 Å². The first-order valence-electron chi connectivity index (χ1n) is 2.74. The van der Waals surface area contributed by atoms with E-state index in [0.29, 0.717) is 0 Å². The van der Waals surface area contributed by atoms with E-state index in [-0.39, 0.29) is 6.61 Å². The highest BCUT2D eigenvalue weighted by molar-refractivity contribution is 7.13. The van der Waals surface area contributed by atoms with Gasteiger partial charge in [-0.3, -0.25) is 0 Å². The molecule has 4 heteroatoms. The maximum absolute atomic E-state index is 8.62. The van der Waals surface area contributed by atoms with Crippen molar-refractivity contribution in [3.05, 3.63) is 21.9 Å². The van der Waals surface area contributed by atoms with Gasteiger partial charge < -0.3 is 10.3 Å². The molecule has 0 amide bonds. The molecule has 3 nitrogen and oxygen atoms in total. The molecular formula is C6H7NO2S. The highest BCUT2D eigenvalue weighted by Crippen LogP contribution is 2.13. The zero-order chi connectivity index (χ0) is 7.40. The SMILES string of the molecule is OCc1ccc(/C=N/O)s1. The number of rotatable bonds is 2. The number of hydrogen-bond donors (Lipinski definition) is 2. The minimum absolute atomic E-state index is 0.0456. The molecule has 0 atom stereocenters. The van der Waals surface area contributed by atoms with E-state index in [2.05, 4.69) is 5.16 Å². The molecule has 1 aromatic heterocycles. The molecule has 0 saturated carbocycles. The van der Waals surface area contributed by atoms with Gasteiger partial charge >= 0.3 is 0 Å². The smallest absolute Gasteiger partial charge is 0.0833 e. The third-order valence-electron chi connectivity index (χ3n) is 1.02. The van der Waals surface area contributed by atoms with E-state index in [9.17, 15) is 0 Å². The maximum Gasteiger partial charge on any atom is 0.0833 e. The number of hydrogen-bond acceptors (Lipinski definition) is 4. The Kier molecular flexibility index (Phi) is 2.42. The van der Waals surface area contributed by atoms with E-state index in [0.717, 1.165) is 9.75 Å². The Labute approximate surface area is 62.2 Å². The van der Waals surface area contributed by atoms with E-state index in [4.69, 9.17) is 10.3 Å². The van der Waals surface area contributed by atoms with Crippen LogP contribution in [0.15, 0.2) is 17.3 Å². The van der Waals surface area contributed by atoms with Crippen molar-refractivity contribution in [1.29, 1.82) is 0 Å². The fourth-order valence-electron chi connectivity index (χ4n) is 0.606. The summed E-state index contributed by atoms with van der Waals surface area (Å²) in [6.45, 7) is 0.0456. The molecule has 0 aliphatic rings. The van der Waals surface area contributed by atoms with Crippen molar-refractivity contribution in [2.75, 3.05) is 0 Å². The van der Waals surface area contributed by atoms with Crippen molar-refractivity contribution in [3.63, 3.8) is 0 Å². The van der Waals surface area contributed by atoms with Crippen LogP contribution < -0.4 is 0 Å². The van der Waals surface area contributed by atoms with Crippen molar-refractivity contribution in [2.24, 2.45) is 5.16 Å². The number of oxime groups is 1. The first kappa shape index (κ1) is 7.24. The lowest BCUT2D eigenvalue weighted by atomic mass is 10.4. The second-order valence-corrected chi connectivity index (χ2v) is 2.91. The van der Waals surface area contributed by atoms with E-state index < -0.39 is 0 Å². The summed E-state index contributed by atoms with van der Waals surface area (Å²) < 4.78 is 0. The first-order chi connectivity index (χ1) is 4.86. The third-order valence-corrected chi connectivity index (χ3v) is 2.03. The Balaban J connectivity index is 2.78. The summed E-state index contributed by atoms with van der Waals surface area (Å²) in [6.07, 6.45) is 1.34. The molecule has 0 aliphatic heterocycles. The van der Waals surface area contributed by atoms with Crippen molar-refractivity contribution in [1.82, 2.24) is 0 Å². The Bertz CT molecular complexity index is 231. The molecular weight excluding hydrogens is 150 g/mol. The normalized spacial score (nSPS) is 10.9. The Morgan fingerprint density at radius 1 is 1.60 bits per heavy atom. The summed E-state index contributed by atoms with van der Waals surface area (Å²) in [5.41, 5.74) is 0. The van der Waals surface area contributed by atoms with Gasteiger partial charge in [0.15, 0.2) is 0 Å². The summed E-state index contributed by atoms with van der Waals surface area (Å²) >= 11 is 1.40. The number of aliphatic hydroxyl groups excluding tert-OH is 1. The van der Waals surface area contributed by atoms with Gasteiger partial charge in [-0.25, -0.2) is 0 Å². The van der Waals surface area contributed by atoms with Crippen LogP contribution >= 0.6 is 11.3 Å². The second-order valence-electron chi connectivity index (χ2n) is 1.71. The lowest BCUT2D eigenvalue weighted by Crippen LogP contribution is -1.71. The minimum Gasteiger partial charge on any atom is -0.411 e. The van der Waals surface area contributed by atoms with Gasteiger partial charge in [0.2, 0.25) is 0 Å². The molecule has 1 rings (SSSR count). The topological polar surface area (TPSA) is 52.8 Å². The van der Waals surface area contributed by atoms with Crippen LogP contribution in [0.4, 0.5) is 0 Å². The molecule has 0 aromatic carbocycles. The largest absolute Gasteiger partial charge is 0.411 e. The van der Waals surface area contributed by atoms with Gasteiger partial charge in [0.25, 0.3) is 0 Å². The van der Waals surface area contributed by atoms with Crippen molar-refractivity contribution in [2.45, 2.75) is 6.61 Å². The molecule has 0 aliphatic carbocycles.